The van der Waals surface area contributed by atoms with Crippen molar-refractivity contribution in [2.45, 2.75) is 65.5 Å². The van der Waals surface area contributed by atoms with Crippen molar-refractivity contribution in [3.63, 3.8) is 0 Å². The Hall–Kier alpha value is -2.97. The summed E-state index contributed by atoms with van der Waals surface area (Å²) in [6, 6.07) is 10.4. The van der Waals surface area contributed by atoms with Gasteiger partial charge in [-0.3, -0.25) is 9.67 Å². The van der Waals surface area contributed by atoms with Gasteiger partial charge in [0, 0.05) is 42.7 Å². The van der Waals surface area contributed by atoms with Crippen molar-refractivity contribution in [2.24, 2.45) is 5.92 Å². The fourth-order valence-corrected chi connectivity index (χ4v) is 6.14. The first kappa shape index (κ1) is 25.7. The Labute approximate surface area is 223 Å². The molecule has 1 atom stereocenters. The monoisotopic (exact) mass is 518 g/mol. The molecule has 0 amide bonds. The second kappa shape index (κ2) is 12.0. The first-order valence-electron chi connectivity index (χ1n) is 13.7. The van der Waals surface area contributed by atoms with Crippen LogP contribution in [0.25, 0.3) is 21.5 Å². The number of hydrogen-bond donors (Lipinski definition) is 1. The molecule has 3 heterocycles. The van der Waals surface area contributed by atoms with E-state index in [2.05, 4.69) is 53.3 Å². The Kier molecular flexibility index (Phi) is 8.36. The summed E-state index contributed by atoms with van der Waals surface area (Å²) in [6.45, 7) is 10.6. The number of ether oxygens (including phenoxy) is 1. The maximum Gasteiger partial charge on any atom is 0.184 e. The van der Waals surface area contributed by atoms with Crippen LogP contribution in [-0.4, -0.2) is 50.3 Å². The summed E-state index contributed by atoms with van der Waals surface area (Å²) in [5.41, 5.74) is 2.85. The molecule has 1 saturated carbocycles. The molecule has 0 saturated heterocycles. The van der Waals surface area contributed by atoms with Gasteiger partial charge in [-0.15, -0.1) is 0 Å². The van der Waals surface area contributed by atoms with Crippen molar-refractivity contribution in [2.75, 3.05) is 25.0 Å². The van der Waals surface area contributed by atoms with E-state index in [1.54, 1.807) is 17.5 Å². The molecular weight excluding hydrogens is 480 g/mol. The summed E-state index contributed by atoms with van der Waals surface area (Å²) in [5.74, 6) is 2.30. The highest BCUT2D eigenvalue weighted by Crippen LogP contribution is 2.34. The van der Waals surface area contributed by atoms with E-state index in [-0.39, 0.29) is 0 Å². The van der Waals surface area contributed by atoms with Gasteiger partial charge >= 0.3 is 0 Å². The molecule has 8 heteroatoms. The average molecular weight is 519 g/mol. The summed E-state index contributed by atoms with van der Waals surface area (Å²) in [7, 11) is 0. The number of nitrogens with one attached hydrogen (secondary N) is 1. The standard InChI is InChI=1S/C29H38N6OS/c1-4-34(5-2)15-16-35-20-23(19-31-35)27-17-25(13-14-30-27)36-24-11-12-26-28(18-24)37-29(33-26)32-21(3)22-9-7-6-8-10-22/h11-14,17-22H,4-10,15-16H2,1-3H3,(H,32,33). The highest BCUT2D eigenvalue weighted by atomic mass is 32.1. The van der Waals surface area contributed by atoms with Crippen molar-refractivity contribution >= 4 is 26.7 Å². The predicted octanol–water partition coefficient (Wildman–Crippen LogP) is 7.07. The van der Waals surface area contributed by atoms with E-state index in [4.69, 9.17) is 9.72 Å². The number of hydrogen-bond acceptors (Lipinski definition) is 7. The molecule has 196 valence electrons. The second-order valence-electron chi connectivity index (χ2n) is 9.98. The smallest absolute Gasteiger partial charge is 0.184 e. The first-order chi connectivity index (χ1) is 18.1. The largest absolute Gasteiger partial charge is 0.457 e. The number of fused-ring (bicyclic) bond motifs is 1. The van der Waals surface area contributed by atoms with Crippen LogP contribution in [0.3, 0.4) is 0 Å². The topological polar surface area (TPSA) is 68.1 Å². The van der Waals surface area contributed by atoms with Crippen molar-refractivity contribution in [1.82, 2.24) is 24.6 Å². The quantitative estimate of drug-likeness (QED) is 0.229. The third-order valence-corrected chi connectivity index (χ3v) is 8.45. The Morgan fingerprint density at radius 1 is 1.11 bits per heavy atom. The zero-order valence-electron chi connectivity index (χ0n) is 22.2. The third kappa shape index (κ3) is 6.48. The van der Waals surface area contributed by atoms with Gasteiger partial charge in [0.05, 0.1) is 28.7 Å². The molecule has 7 nitrogen and oxygen atoms in total. The second-order valence-corrected chi connectivity index (χ2v) is 11.0. The molecule has 5 rings (SSSR count). The van der Waals surface area contributed by atoms with Crippen LogP contribution in [0.1, 0.15) is 52.9 Å². The highest BCUT2D eigenvalue weighted by molar-refractivity contribution is 7.22. The molecule has 1 N–H and O–H groups in total. The van der Waals surface area contributed by atoms with E-state index < -0.39 is 0 Å². The lowest BCUT2D eigenvalue weighted by atomic mass is 9.85. The van der Waals surface area contributed by atoms with Gasteiger partial charge in [-0.05, 0) is 57.0 Å². The van der Waals surface area contributed by atoms with Gasteiger partial charge in [0.25, 0.3) is 0 Å². The van der Waals surface area contributed by atoms with Crippen LogP contribution in [0.4, 0.5) is 5.13 Å². The van der Waals surface area contributed by atoms with Crippen LogP contribution in [-0.2, 0) is 6.54 Å². The summed E-state index contributed by atoms with van der Waals surface area (Å²) in [5, 5.41) is 9.19. The van der Waals surface area contributed by atoms with Crippen LogP contribution < -0.4 is 10.1 Å². The zero-order chi connectivity index (χ0) is 25.6. The molecule has 0 radical (unpaired) electrons. The third-order valence-electron chi connectivity index (χ3n) is 7.50. The number of aromatic nitrogens is 4. The number of thiazole rings is 1. The predicted molar refractivity (Wildman–Crippen MR) is 153 cm³/mol. The molecule has 4 aromatic rings. The number of rotatable bonds is 11. The lowest BCUT2D eigenvalue weighted by Crippen LogP contribution is -2.27. The maximum atomic E-state index is 6.23. The Morgan fingerprint density at radius 2 is 1.92 bits per heavy atom. The van der Waals surface area contributed by atoms with Crippen LogP contribution >= 0.6 is 11.3 Å². The van der Waals surface area contributed by atoms with Gasteiger partial charge in [-0.2, -0.15) is 5.10 Å². The van der Waals surface area contributed by atoms with Crippen molar-refractivity contribution in [1.29, 1.82) is 0 Å². The molecule has 0 aliphatic heterocycles. The zero-order valence-corrected chi connectivity index (χ0v) is 23.0. The van der Waals surface area contributed by atoms with Gasteiger partial charge in [0.15, 0.2) is 5.13 Å². The maximum absolute atomic E-state index is 6.23. The van der Waals surface area contributed by atoms with E-state index in [1.807, 2.05) is 35.1 Å². The van der Waals surface area contributed by atoms with Crippen LogP contribution in [0.5, 0.6) is 11.5 Å². The van der Waals surface area contributed by atoms with Gasteiger partial charge in [-0.25, -0.2) is 4.98 Å². The van der Waals surface area contributed by atoms with E-state index in [1.165, 1.54) is 32.1 Å². The van der Waals surface area contributed by atoms with Crippen molar-refractivity contribution in [3.05, 3.63) is 48.9 Å². The Balaban J connectivity index is 1.24. The average Bonchev–Trinajstić information content (AvgIpc) is 3.56. The molecule has 0 bridgehead atoms. The fourth-order valence-electron chi connectivity index (χ4n) is 5.15. The minimum atomic E-state index is 0.452. The lowest BCUT2D eigenvalue weighted by molar-refractivity contribution is 0.285. The van der Waals surface area contributed by atoms with Gasteiger partial charge < -0.3 is 15.0 Å². The first-order valence-corrected chi connectivity index (χ1v) is 14.5. The van der Waals surface area contributed by atoms with Crippen LogP contribution in [0.2, 0.25) is 0 Å². The summed E-state index contributed by atoms with van der Waals surface area (Å²) in [6.07, 6.45) is 12.5. The minimum Gasteiger partial charge on any atom is -0.457 e. The fraction of sp³-hybridized carbons (Fsp3) is 0.483. The minimum absolute atomic E-state index is 0.452. The molecule has 0 spiro atoms. The lowest BCUT2D eigenvalue weighted by Gasteiger charge is -2.28. The number of likely N-dealkylation sites (N-methyl/N-ethyl adjacent to an activating group) is 1. The molecule has 1 aliphatic carbocycles. The van der Waals surface area contributed by atoms with Crippen LogP contribution in [0.15, 0.2) is 48.9 Å². The molecule has 1 aromatic carbocycles. The van der Waals surface area contributed by atoms with Crippen molar-refractivity contribution in [3.8, 4) is 22.8 Å². The number of pyridine rings is 1. The number of anilines is 1. The van der Waals surface area contributed by atoms with E-state index in [0.29, 0.717) is 6.04 Å². The van der Waals surface area contributed by atoms with Gasteiger partial charge in [0.2, 0.25) is 0 Å². The van der Waals surface area contributed by atoms with Gasteiger partial charge in [-0.1, -0.05) is 44.4 Å². The molecular formula is C29H38N6OS. The van der Waals surface area contributed by atoms with Crippen molar-refractivity contribution < 1.29 is 4.74 Å². The number of nitrogens with zero attached hydrogens (tertiary/aromatic N) is 5. The normalized spacial score (nSPS) is 15.4. The summed E-state index contributed by atoms with van der Waals surface area (Å²) >= 11 is 1.70. The van der Waals surface area contributed by atoms with Crippen LogP contribution in [0, 0.1) is 5.92 Å². The van der Waals surface area contributed by atoms with E-state index in [0.717, 1.165) is 70.2 Å². The van der Waals surface area contributed by atoms with Gasteiger partial charge in [0.1, 0.15) is 11.5 Å². The molecule has 3 aromatic heterocycles. The van der Waals surface area contributed by atoms with E-state index in [9.17, 15) is 0 Å². The Morgan fingerprint density at radius 3 is 2.73 bits per heavy atom. The molecule has 1 aliphatic rings. The summed E-state index contributed by atoms with van der Waals surface area (Å²) < 4.78 is 9.35. The highest BCUT2D eigenvalue weighted by Gasteiger charge is 2.21. The molecule has 37 heavy (non-hydrogen) atoms. The van der Waals surface area contributed by atoms with E-state index >= 15 is 0 Å². The summed E-state index contributed by atoms with van der Waals surface area (Å²) in [4.78, 5) is 11.8. The Bertz CT molecular complexity index is 1290. The molecule has 1 fully saturated rings. The molecule has 1 unspecified atom stereocenters. The SMILES string of the molecule is CCN(CC)CCn1cc(-c2cc(Oc3ccc4nc(NC(C)C5CCCCC5)sc4c3)ccn2)cn1. The number of benzene rings is 1.